The van der Waals surface area contributed by atoms with Crippen molar-refractivity contribution in [3.63, 3.8) is 0 Å². The second-order valence-corrected chi connectivity index (χ2v) is 9.56. The van der Waals surface area contributed by atoms with E-state index in [-0.39, 0.29) is 37.0 Å². The van der Waals surface area contributed by atoms with E-state index in [1.807, 2.05) is 18.2 Å². The van der Waals surface area contributed by atoms with E-state index < -0.39 is 21.9 Å². The minimum absolute atomic E-state index is 0.0711. The number of nitrogens with zero attached hydrogens (tertiary/aromatic N) is 2. The number of benzene rings is 3. The summed E-state index contributed by atoms with van der Waals surface area (Å²) in [5.74, 6) is -1.05. The van der Waals surface area contributed by atoms with Crippen LogP contribution in [-0.2, 0) is 10.0 Å². The number of carbonyl (C=O) groups is 2. The maximum atomic E-state index is 14.0. The molecular formula is C24H23FN4O4S. The molecule has 0 aromatic heterocycles. The van der Waals surface area contributed by atoms with Gasteiger partial charge in [0.2, 0.25) is 10.0 Å². The van der Waals surface area contributed by atoms with Crippen LogP contribution in [0.5, 0.6) is 0 Å². The molecule has 1 heterocycles. The lowest BCUT2D eigenvalue weighted by molar-refractivity contribution is 0.0697. The summed E-state index contributed by atoms with van der Waals surface area (Å²) in [5, 5.41) is 5.41. The van der Waals surface area contributed by atoms with Crippen LogP contribution in [0.3, 0.4) is 0 Å². The van der Waals surface area contributed by atoms with Crippen molar-refractivity contribution in [1.29, 1.82) is 0 Å². The summed E-state index contributed by atoms with van der Waals surface area (Å²) in [5.41, 5.74) is 1.59. The molecule has 2 N–H and O–H groups in total. The van der Waals surface area contributed by atoms with Crippen LogP contribution in [0, 0.1) is 5.82 Å². The van der Waals surface area contributed by atoms with Crippen molar-refractivity contribution >= 4 is 33.3 Å². The highest BCUT2D eigenvalue weighted by molar-refractivity contribution is 7.89. The number of urea groups is 1. The molecule has 0 atom stereocenters. The van der Waals surface area contributed by atoms with Gasteiger partial charge in [-0.15, -0.1) is 0 Å². The van der Waals surface area contributed by atoms with Crippen LogP contribution in [0.4, 0.5) is 20.6 Å². The third-order valence-electron chi connectivity index (χ3n) is 5.40. The number of hydrogen-bond donors (Lipinski definition) is 2. The van der Waals surface area contributed by atoms with Gasteiger partial charge in [0.15, 0.2) is 0 Å². The van der Waals surface area contributed by atoms with Gasteiger partial charge >= 0.3 is 6.03 Å². The first-order valence-corrected chi connectivity index (χ1v) is 12.1. The second-order valence-electron chi connectivity index (χ2n) is 7.65. The fourth-order valence-corrected chi connectivity index (χ4v) is 5.11. The largest absolute Gasteiger partial charge is 0.336 e. The summed E-state index contributed by atoms with van der Waals surface area (Å²) in [7, 11) is -3.97. The van der Waals surface area contributed by atoms with Crippen LogP contribution < -0.4 is 10.6 Å². The number of sulfonamides is 1. The van der Waals surface area contributed by atoms with Gasteiger partial charge in [-0.3, -0.25) is 4.79 Å². The number of amides is 3. The lowest BCUT2D eigenvalue weighted by Crippen LogP contribution is -2.50. The summed E-state index contributed by atoms with van der Waals surface area (Å²) in [6.07, 6.45) is 0. The van der Waals surface area contributed by atoms with Gasteiger partial charge in [0.05, 0.1) is 0 Å². The van der Waals surface area contributed by atoms with Crippen molar-refractivity contribution < 1.29 is 22.4 Å². The van der Waals surface area contributed by atoms with E-state index in [0.717, 1.165) is 6.07 Å². The summed E-state index contributed by atoms with van der Waals surface area (Å²) < 4.78 is 40.7. The van der Waals surface area contributed by atoms with Gasteiger partial charge in [0.25, 0.3) is 5.91 Å². The molecule has 3 aromatic carbocycles. The van der Waals surface area contributed by atoms with E-state index in [0.29, 0.717) is 16.9 Å². The minimum Gasteiger partial charge on any atom is -0.336 e. The lowest BCUT2D eigenvalue weighted by Gasteiger charge is -2.34. The molecule has 1 aliphatic rings. The number of nitrogens with one attached hydrogen (secondary N) is 2. The Bertz CT molecular complexity index is 1280. The molecule has 1 saturated heterocycles. The number of hydrogen-bond acceptors (Lipinski definition) is 4. The maximum absolute atomic E-state index is 14.0. The third-order valence-corrected chi connectivity index (χ3v) is 7.33. The summed E-state index contributed by atoms with van der Waals surface area (Å²) >= 11 is 0. The molecule has 1 aliphatic heterocycles. The fourth-order valence-electron chi connectivity index (χ4n) is 3.62. The normalized spacial score (nSPS) is 14.4. The molecule has 1 fully saturated rings. The Labute approximate surface area is 197 Å². The van der Waals surface area contributed by atoms with Crippen molar-refractivity contribution in [2.45, 2.75) is 4.90 Å². The summed E-state index contributed by atoms with van der Waals surface area (Å²) in [6, 6.07) is 20.3. The molecule has 0 spiro atoms. The molecule has 34 heavy (non-hydrogen) atoms. The van der Waals surface area contributed by atoms with Crippen molar-refractivity contribution in [2.24, 2.45) is 0 Å². The first kappa shape index (κ1) is 23.4. The molecular weight excluding hydrogens is 459 g/mol. The van der Waals surface area contributed by atoms with E-state index in [1.54, 1.807) is 41.3 Å². The second kappa shape index (κ2) is 10.0. The number of para-hydroxylation sites is 1. The molecule has 4 rings (SSSR count). The van der Waals surface area contributed by atoms with Gasteiger partial charge in [-0.2, -0.15) is 4.31 Å². The van der Waals surface area contributed by atoms with Gasteiger partial charge in [0.1, 0.15) is 10.7 Å². The van der Waals surface area contributed by atoms with Crippen LogP contribution in [0.1, 0.15) is 10.4 Å². The van der Waals surface area contributed by atoms with Crippen LogP contribution >= 0.6 is 0 Å². The summed E-state index contributed by atoms with van der Waals surface area (Å²) in [6.45, 7) is 0.515. The predicted molar refractivity (Wildman–Crippen MR) is 127 cm³/mol. The molecule has 0 radical (unpaired) electrons. The molecule has 0 aliphatic carbocycles. The van der Waals surface area contributed by atoms with Crippen LogP contribution in [0.2, 0.25) is 0 Å². The Kier molecular flexibility index (Phi) is 6.90. The molecule has 3 amide bonds. The van der Waals surface area contributed by atoms with Gasteiger partial charge < -0.3 is 15.5 Å². The Balaban J connectivity index is 1.33. The van der Waals surface area contributed by atoms with E-state index >= 15 is 0 Å². The van der Waals surface area contributed by atoms with Crippen molar-refractivity contribution in [1.82, 2.24) is 9.21 Å². The lowest BCUT2D eigenvalue weighted by atomic mass is 10.1. The molecule has 0 bridgehead atoms. The highest BCUT2D eigenvalue weighted by Crippen LogP contribution is 2.21. The quantitative estimate of drug-likeness (QED) is 0.580. The SMILES string of the molecule is O=C(Nc1ccccc1)Nc1ccc(C(=O)N2CCN(S(=O)(=O)c3ccccc3F)CC2)cc1. The van der Waals surface area contributed by atoms with Gasteiger partial charge in [-0.25, -0.2) is 17.6 Å². The van der Waals surface area contributed by atoms with E-state index in [2.05, 4.69) is 10.6 Å². The third kappa shape index (κ3) is 5.24. The Morgan fingerprint density at radius 3 is 1.91 bits per heavy atom. The zero-order valence-electron chi connectivity index (χ0n) is 18.1. The number of anilines is 2. The predicted octanol–water partition coefficient (Wildman–Crippen LogP) is 3.62. The van der Waals surface area contributed by atoms with E-state index in [9.17, 15) is 22.4 Å². The average molecular weight is 483 g/mol. The number of halogens is 1. The average Bonchev–Trinajstić information content (AvgIpc) is 2.85. The zero-order valence-corrected chi connectivity index (χ0v) is 19.0. The van der Waals surface area contributed by atoms with Crippen LogP contribution in [0.15, 0.2) is 83.8 Å². The van der Waals surface area contributed by atoms with Crippen molar-refractivity contribution in [3.05, 3.63) is 90.2 Å². The summed E-state index contributed by atoms with van der Waals surface area (Å²) in [4.78, 5) is 26.1. The van der Waals surface area contributed by atoms with Crippen molar-refractivity contribution in [2.75, 3.05) is 36.8 Å². The smallest absolute Gasteiger partial charge is 0.323 e. The number of carbonyl (C=O) groups excluding carboxylic acids is 2. The zero-order chi connectivity index (χ0) is 24.1. The topological polar surface area (TPSA) is 98.8 Å². The Hall–Kier alpha value is -3.76. The Morgan fingerprint density at radius 2 is 1.29 bits per heavy atom. The van der Waals surface area contributed by atoms with Gasteiger partial charge in [0, 0.05) is 43.1 Å². The van der Waals surface area contributed by atoms with Gasteiger partial charge in [-0.1, -0.05) is 30.3 Å². The fraction of sp³-hybridized carbons (Fsp3) is 0.167. The van der Waals surface area contributed by atoms with Crippen LogP contribution in [0.25, 0.3) is 0 Å². The first-order chi connectivity index (χ1) is 16.3. The van der Waals surface area contributed by atoms with Crippen LogP contribution in [-0.4, -0.2) is 55.7 Å². The molecule has 176 valence electrons. The number of piperazine rings is 1. The highest BCUT2D eigenvalue weighted by Gasteiger charge is 2.32. The van der Waals surface area contributed by atoms with Gasteiger partial charge in [-0.05, 0) is 48.5 Å². The molecule has 0 saturated carbocycles. The standard InChI is InChI=1S/C24H23FN4O4S/c25-21-8-4-5-9-22(21)34(32,33)29-16-14-28(15-17-29)23(30)18-10-12-20(13-11-18)27-24(31)26-19-6-2-1-3-7-19/h1-13H,14-17H2,(H2,26,27,31). The number of rotatable bonds is 5. The molecule has 0 unspecified atom stereocenters. The maximum Gasteiger partial charge on any atom is 0.323 e. The highest BCUT2D eigenvalue weighted by atomic mass is 32.2. The van der Waals surface area contributed by atoms with E-state index in [1.165, 1.54) is 22.5 Å². The molecule has 10 heteroatoms. The molecule has 8 nitrogen and oxygen atoms in total. The Morgan fingerprint density at radius 1 is 0.735 bits per heavy atom. The monoisotopic (exact) mass is 482 g/mol. The first-order valence-electron chi connectivity index (χ1n) is 10.6. The van der Waals surface area contributed by atoms with E-state index in [4.69, 9.17) is 0 Å². The van der Waals surface area contributed by atoms with Crippen molar-refractivity contribution in [3.8, 4) is 0 Å². The minimum atomic E-state index is -3.97. The molecule has 3 aromatic rings.